The van der Waals surface area contributed by atoms with E-state index in [9.17, 15) is 9.59 Å². The molecule has 1 aromatic rings. The van der Waals surface area contributed by atoms with Crippen molar-refractivity contribution in [3.8, 4) is 0 Å². The third-order valence-electron chi connectivity index (χ3n) is 2.58. The van der Waals surface area contributed by atoms with Crippen LogP contribution in [0.5, 0.6) is 0 Å². The van der Waals surface area contributed by atoms with Gasteiger partial charge in [0.2, 0.25) is 0 Å². The number of carboxylic acids is 1. The highest BCUT2D eigenvalue weighted by Crippen LogP contribution is 2.14. The van der Waals surface area contributed by atoms with Gasteiger partial charge in [0.25, 0.3) is 0 Å². The highest BCUT2D eigenvalue weighted by molar-refractivity contribution is 5.99. The van der Waals surface area contributed by atoms with Gasteiger partial charge in [0, 0.05) is 20.8 Å². The Labute approximate surface area is 116 Å². The molecule has 0 saturated heterocycles. The summed E-state index contributed by atoms with van der Waals surface area (Å²) in [4.78, 5) is 22.7. The fourth-order valence-corrected chi connectivity index (χ4v) is 1.55. The molecule has 0 bridgehead atoms. The molecular weight excluding hydrogens is 264 g/mol. The van der Waals surface area contributed by atoms with Crippen LogP contribution in [0, 0.1) is 0 Å². The molecule has 0 fully saturated rings. The van der Waals surface area contributed by atoms with Crippen molar-refractivity contribution < 1.29 is 24.2 Å². The van der Waals surface area contributed by atoms with Gasteiger partial charge in [-0.2, -0.15) is 0 Å². The van der Waals surface area contributed by atoms with Gasteiger partial charge in [0.15, 0.2) is 0 Å². The van der Waals surface area contributed by atoms with E-state index in [1.165, 1.54) is 26.4 Å². The Morgan fingerprint density at radius 2 is 2.00 bits per heavy atom. The van der Waals surface area contributed by atoms with E-state index >= 15 is 0 Å². The van der Waals surface area contributed by atoms with E-state index in [1.807, 2.05) is 0 Å². The van der Waals surface area contributed by atoms with Crippen LogP contribution in [-0.2, 0) is 9.47 Å². The molecule has 1 unspecified atom stereocenters. The number of hydrogen-bond donors (Lipinski definition) is 3. The zero-order chi connectivity index (χ0) is 15.0. The SMILES string of the molecule is COCC(CNC(=O)Nc1ccccc1C(=O)O)OC. The molecule has 0 spiro atoms. The van der Waals surface area contributed by atoms with Crippen LogP contribution >= 0.6 is 0 Å². The van der Waals surface area contributed by atoms with Gasteiger partial charge in [0.1, 0.15) is 0 Å². The highest BCUT2D eigenvalue weighted by Gasteiger charge is 2.13. The number of benzene rings is 1. The predicted molar refractivity (Wildman–Crippen MR) is 73.1 cm³/mol. The molecule has 0 aliphatic carbocycles. The number of methoxy groups -OCH3 is 2. The van der Waals surface area contributed by atoms with E-state index in [1.54, 1.807) is 12.1 Å². The monoisotopic (exact) mass is 282 g/mol. The molecule has 0 aliphatic rings. The Bertz CT molecular complexity index is 464. The minimum atomic E-state index is -1.10. The molecule has 7 heteroatoms. The zero-order valence-electron chi connectivity index (χ0n) is 11.4. The first-order chi connectivity index (χ1) is 9.58. The van der Waals surface area contributed by atoms with E-state index in [4.69, 9.17) is 14.6 Å². The van der Waals surface area contributed by atoms with E-state index in [-0.39, 0.29) is 23.9 Å². The first-order valence-corrected chi connectivity index (χ1v) is 5.97. The average Bonchev–Trinajstić information content (AvgIpc) is 2.43. The maximum atomic E-state index is 11.7. The van der Waals surface area contributed by atoms with E-state index in [0.717, 1.165) is 0 Å². The molecule has 1 rings (SSSR count). The standard InChI is InChI=1S/C13H18N2O5/c1-19-8-9(20-2)7-14-13(18)15-11-6-4-3-5-10(11)12(16)17/h3-6,9H,7-8H2,1-2H3,(H,16,17)(H2,14,15,18). The second kappa shape index (κ2) is 8.13. The summed E-state index contributed by atoms with van der Waals surface area (Å²) in [6, 6.07) is 5.67. The lowest BCUT2D eigenvalue weighted by Gasteiger charge is -2.15. The summed E-state index contributed by atoms with van der Waals surface area (Å²) in [7, 11) is 3.05. The number of urea groups is 1. The van der Waals surface area contributed by atoms with Crippen molar-refractivity contribution in [2.45, 2.75) is 6.10 Å². The van der Waals surface area contributed by atoms with Crippen molar-refractivity contribution in [1.29, 1.82) is 0 Å². The van der Waals surface area contributed by atoms with Gasteiger partial charge >= 0.3 is 12.0 Å². The fraction of sp³-hybridized carbons (Fsp3) is 0.385. The molecule has 7 nitrogen and oxygen atoms in total. The smallest absolute Gasteiger partial charge is 0.337 e. The summed E-state index contributed by atoms with van der Waals surface area (Å²) < 4.78 is 10.0. The van der Waals surface area contributed by atoms with Gasteiger partial charge in [0.05, 0.1) is 24.0 Å². The maximum Gasteiger partial charge on any atom is 0.337 e. The largest absolute Gasteiger partial charge is 0.478 e. The van der Waals surface area contributed by atoms with Crippen LogP contribution in [0.3, 0.4) is 0 Å². The van der Waals surface area contributed by atoms with Gasteiger partial charge in [-0.15, -0.1) is 0 Å². The lowest BCUT2D eigenvalue weighted by Crippen LogP contribution is -2.38. The second-order valence-electron chi connectivity index (χ2n) is 4.00. The number of para-hydroxylation sites is 1. The number of carbonyl (C=O) groups excluding carboxylic acids is 1. The third-order valence-corrected chi connectivity index (χ3v) is 2.58. The summed E-state index contributed by atoms with van der Waals surface area (Å²) in [5.41, 5.74) is 0.265. The molecule has 0 saturated carbocycles. The lowest BCUT2D eigenvalue weighted by atomic mass is 10.2. The number of carbonyl (C=O) groups is 2. The van der Waals surface area contributed by atoms with Crippen LogP contribution < -0.4 is 10.6 Å². The van der Waals surface area contributed by atoms with Gasteiger partial charge < -0.3 is 25.2 Å². The van der Waals surface area contributed by atoms with Gasteiger partial charge in [-0.3, -0.25) is 0 Å². The van der Waals surface area contributed by atoms with E-state index in [0.29, 0.717) is 6.61 Å². The number of aromatic carboxylic acids is 1. The summed E-state index contributed by atoms with van der Waals surface area (Å²) in [5, 5.41) is 14.1. The first kappa shape index (κ1) is 15.9. The van der Waals surface area contributed by atoms with Crippen molar-refractivity contribution in [2.24, 2.45) is 0 Å². The lowest BCUT2D eigenvalue weighted by molar-refractivity contribution is 0.0307. The topological polar surface area (TPSA) is 96.9 Å². The fourth-order valence-electron chi connectivity index (χ4n) is 1.55. The predicted octanol–water partition coefficient (Wildman–Crippen LogP) is 1.17. The van der Waals surface area contributed by atoms with Gasteiger partial charge in [-0.25, -0.2) is 9.59 Å². The third kappa shape index (κ3) is 4.87. The Morgan fingerprint density at radius 1 is 1.30 bits per heavy atom. The second-order valence-corrected chi connectivity index (χ2v) is 4.00. The molecule has 110 valence electrons. The first-order valence-electron chi connectivity index (χ1n) is 5.97. The van der Waals surface area contributed by atoms with Crippen LogP contribution in [0.2, 0.25) is 0 Å². The molecule has 0 aliphatic heterocycles. The van der Waals surface area contributed by atoms with Crippen molar-refractivity contribution >= 4 is 17.7 Å². The molecule has 0 heterocycles. The Kier molecular flexibility index (Phi) is 6.48. The van der Waals surface area contributed by atoms with Gasteiger partial charge in [-0.05, 0) is 12.1 Å². The molecular formula is C13H18N2O5. The number of ether oxygens (including phenoxy) is 2. The molecule has 1 atom stereocenters. The van der Waals surface area contributed by atoms with Crippen LogP contribution in [-0.4, -0.2) is 50.6 Å². The van der Waals surface area contributed by atoms with Crippen molar-refractivity contribution in [1.82, 2.24) is 5.32 Å². The van der Waals surface area contributed by atoms with Crippen molar-refractivity contribution in [3.63, 3.8) is 0 Å². The van der Waals surface area contributed by atoms with E-state index < -0.39 is 12.0 Å². The van der Waals surface area contributed by atoms with Gasteiger partial charge in [-0.1, -0.05) is 12.1 Å². The maximum absolute atomic E-state index is 11.7. The Balaban J connectivity index is 2.56. The van der Waals surface area contributed by atoms with Crippen LogP contribution in [0.15, 0.2) is 24.3 Å². The van der Waals surface area contributed by atoms with Crippen LogP contribution in [0.1, 0.15) is 10.4 Å². The van der Waals surface area contributed by atoms with Crippen LogP contribution in [0.25, 0.3) is 0 Å². The Morgan fingerprint density at radius 3 is 2.60 bits per heavy atom. The molecule has 2 amide bonds. The normalized spacial score (nSPS) is 11.7. The Hall–Kier alpha value is -2.12. The minimum Gasteiger partial charge on any atom is -0.478 e. The summed E-state index contributed by atoms with van der Waals surface area (Å²) in [5.74, 6) is -1.10. The average molecular weight is 282 g/mol. The highest BCUT2D eigenvalue weighted by atomic mass is 16.5. The number of carboxylic acid groups (broad SMARTS) is 1. The van der Waals surface area contributed by atoms with Crippen molar-refractivity contribution in [2.75, 3.05) is 32.7 Å². The van der Waals surface area contributed by atoms with E-state index in [2.05, 4.69) is 10.6 Å². The molecule has 0 radical (unpaired) electrons. The quantitative estimate of drug-likeness (QED) is 0.697. The zero-order valence-corrected chi connectivity index (χ0v) is 11.4. The number of anilines is 1. The summed E-state index contributed by atoms with van der Waals surface area (Å²) >= 11 is 0. The molecule has 20 heavy (non-hydrogen) atoms. The molecule has 3 N–H and O–H groups in total. The summed E-state index contributed by atoms with van der Waals surface area (Å²) in [6.07, 6.45) is -0.263. The number of amides is 2. The van der Waals surface area contributed by atoms with Crippen LogP contribution in [0.4, 0.5) is 10.5 Å². The number of nitrogens with one attached hydrogen (secondary N) is 2. The number of hydrogen-bond acceptors (Lipinski definition) is 4. The number of rotatable bonds is 7. The molecule has 0 aromatic heterocycles. The molecule has 1 aromatic carbocycles. The van der Waals surface area contributed by atoms with Crippen molar-refractivity contribution in [3.05, 3.63) is 29.8 Å². The summed E-state index contributed by atoms with van der Waals surface area (Å²) in [6.45, 7) is 0.605. The minimum absolute atomic E-state index is 0.0304.